The molecule has 100 valence electrons. The Hall–Kier alpha value is -1.79. The van der Waals surface area contributed by atoms with E-state index in [0.717, 1.165) is 25.3 Å². The maximum absolute atomic E-state index is 5.31. The van der Waals surface area contributed by atoms with Crippen LogP contribution in [-0.2, 0) is 6.54 Å². The van der Waals surface area contributed by atoms with Crippen molar-refractivity contribution in [3.8, 4) is 11.5 Å². The van der Waals surface area contributed by atoms with Gasteiger partial charge in [-0.3, -0.25) is 9.88 Å². The number of nitrogens with one attached hydrogen (secondary N) is 1. The number of pyridine rings is 1. The molecule has 0 radical (unpaired) electrons. The van der Waals surface area contributed by atoms with E-state index >= 15 is 0 Å². The van der Waals surface area contributed by atoms with Gasteiger partial charge in [0.25, 0.3) is 0 Å². The summed E-state index contributed by atoms with van der Waals surface area (Å²) >= 11 is 0. The molecule has 1 saturated heterocycles. The Balaban J connectivity index is 1.71. The van der Waals surface area contributed by atoms with Gasteiger partial charge in [0.2, 0.25) is 11.7 Å². The minimum atomic E-state index is 0.485. The zero-order valence-corrected chi connectivity index (χ0v) is 10.9. The van der Waals surface area contributed by atoms with Crippen LogP contribution in [0.15, 0.2) is 28.9 Å². The molecule has 0 saturated carbocycles. The molecule has 1 N–H and O–H groups in total. The van der Waals surface area contributed by atoms with Gasteiger partial charge in [-0.2, -0.15) is 4.98 Å². The molecule has 0 aliphatic carbocycles. The highest BCUT2D eigenvalue weighted by Gasteiger charge is 2.20. The normalized spacial score (nSPS) is 20.6. The molecule has 1 fully saturated rings. The number of rotatable bonds is 3. The van der Waals surface area contributed by atoms with Gasteiger partial charge in [0.1, 0.15) is 5.69 Å². The molecule has 2 aromatic rings. The molecule has 0 aromatic carbocycles. The predicted molar refractivity (Wildman–Crippen MR) is 70.3 cm³/mol. The number of aromatic nitrogens is 3. The summed E-state index contributed by atoms with van der Waals surface area (Å²) in [4.78, 5) is 11.0. The third kappa shape index (κ3) is 2.80. The van der Waals surface area contributed by atoms with Crippen molar-refractivity contribution in [3.63, 3.8) is 0 Å². The van der Waals surface area contributed by atoms with Gasteiger partial charge >= 0.3 is 0 Å². The monoisotopic (exact) mass is 259 g/mol. The number of piperazine rings is 1. The third-order valence-electron chi connectivity index (χ3n) is 3.34. The van der Waals surface area contributed by atoms with E-state index in [1.165, 1.54) is 0 Å². The van der Waals surface area contributed by atoms with Crippen LogP contribution in [0, 0.1) is 0 Å². The van der Waals surface area contributed by atoms with Crippen LogP contribution in [0.1, 0.15) is 12.8 Å². The minimum absolute atomic E-state index is 0.485. The van der Waals surface area contributed by atoms with Crippen LogP contribution in [-0.4, -0.2) is 45.7 Å². The third-order valence-corrected chi connectivity index (χ3v) is 3.34. The Morgan fingerprint density at radius 2 is 2.42 bits per heavy atom. The second-order valence-corrected chi connectivity index (χ2v) is 4.75. The van der Waals surface area contributed by atoms with Crippen molar-refractivity contribution < 1.29 is 4.52 Å². The van der Waals surface area contributed by atoms with Crippen molar-refractivity contribution in [2.45, 2.75) is 19.5 Å². The van der Waals surface area contributed by atoms with Gasteiger partial charge < -0.3 is 9.84 Å². The highest BCUT2D eigenvalue weighted by Crippen LogP contribution is 2.14. The molecule has 0 spiro atoms. The average Bonchev–Trinajstić information content (AvgIpc) is 2.91. The molecule has 1 aliphatic heterocycles. The molecular weight excluding hydrogens is 242 g/mol. The lowest BCUT2D eigenvalue weighted by molar-refractivity contribution is 0.146. The van der Waals surface area contributed by atoms with Crippen molar-refractivity contribution in [2.24, 2.45) is 0 Å². The standard InChI is InChI=1S/C13H17N5O/c1-10-8-14-6-7-18(10)9-12-16-13(17-19-12)11-4-2-3-5-15-11/h2-5,10,14H,6-9H2,1H3/t10-/m0/s1. The van der Waals surface area contributed by atoms with Crippen LogP contribution >= 0.6 is 0 Å². The molecule has 3 heterocycles. The van der Waals surface area contributed by atoms with Crippen molar-refractivity contribution in [1.82, 2.24) is 25.3 Å². The second kappa shape index (κ2) is 5.46. The molecule has 1 atom stereocenters. The summed E-state index contributed by atoms with van der Waals surface area (Å²) in [7, 11) is 0. The summed E-state index contributed by atoms with van der Waals surface area (Å²) in [6.45, 7) is 5.90. The average molecular weight is 259 g/mol. The first kappa shape index (κ1) is 12.3. The minimum Gasteiger partial charge on any atom is -0.337 e. The van der Waals surface area contributed by atoms with E-state index < -0.39 is 0 Å². The van der Waals surface area contributed by atoms with Crippen LogP contribution in [0.5, 0.6) is 0 Å². The SMILES string of the molecule is C[C@H]1CNCCN1Cc1nc(-c2ccccn2)no1. The van der Waals surface area contributed by atoms with Crippen LogP contribution in [0.25, 0.3) is 11.5 Å². The summed E-state index contributed by atoms with van der Waals surface area (Å²) in [6, 6.07) is 6.14. The van der Waals surface area contributed by atoms with E-state index in [-0.39, 0.29) is 0 Å². The van der Waals surface area contributed by atoms with Gasteiger partial charge in [-0.15, -0.1) is 0 Å². The fraction of sp³-hybridized carbons (Fsp3) is 0.462. The van der Waals surface area contributed by atoms with E-state index in [4.69, 9.17) is 4.52 Å². The summed E-state index contributed by atoms with van der Waals surface area (Å²) < 4.78 is 5.31. The van der Waals surface area contributed by atoms with Gasteiger partial charge in [-0.05, 0) is 19.1 Å². The fourth-order valence-electron chi connectivity index (χ4n) is 2.21. The summed E-state index contributed by atoms with van der Waals surface area (Å²) in [6.07, 6.45) is 1.73. The first-order valence-electron chi connectivity index (χ1n) is 6.51. The molecule has 6 nitrogen and oxygen atoms in total. The van der Waals surface area contributed by atoms with Crippen LogP contribution in [0.3, 0.4) is 0 Å². The Bertz CT molecular complexity index is 527. The van der Waals surface area contributed by atoms with Crippen molar-refractivity contribution in [2.75, 3.05) is 19.6 Å². The van der Waals surface area contributed by atoms with Crippen molar-refractivity contribution in [3.05, 3.63) is 30.3 Å². The molecule has 0 unspecified atom stereocenters. The Kier molecular flexibility index (Phi) is 3.52. The number of nitrogens with zero attached hydrogens (tertiary/aromatic N) is 4. The number of hydrogen-bond acceptors (Lipinski definition) is 6. The van der Waals surface area contributed by atoms with E-state index in [2.05, 4.69) is 32.3 Å². The smallest absolute Gasteiger partial charge is 0.241 e. The van der Waals surface area contributed by atoms with Gasteiger partial charge in [-0.1, -0.05) is 11.2 Å². The van der Waals surface area contributed by atoms with Gasteiger partial charge in [0.15, 0.2) is 0 Å². The molecule has 3 rings (SSSR count). The lowest BCUT2D eigenvalue weighted by atomic mass is 10.2. The maximum Gasteiger partial charge on any atom is 0.241 e. The van der Waals surface area contributed by atoms with E-state index in [1.54, 1.807) is 6.20 Å². The highest BCUT2D eigenvalue weighted by molar-refractivity contribution is 5.46. The van der Waals surface area contributed by atoms with E-state index in [1.807, 2.05) is 18.2 Å². The molecule has 19 heavy (non-hydrogen) atoms. The number of hydrogen-bond donors (Lipinski definition) is 1. The predicted octanol–water partition coefficient (Wildman–Crippen LogP) is 0.925. The Morgan fingerprint density at radius 1 is 1.47 bits per heavy atom. The zero-order chi connectivity index (χ0) is 13.1. The first-order chi connectivity index (χ1) is 9.33. The first-order valence-corrected chi connectivity index (χ1v) is 6.51. The molecular formula is C13H17N5O. The van der Waals surface area contributed by atoms with Crippen LogP contribution in [0.2, 0.25) is 0 Å². The van der Waals surface area contributed by atoms with Crippen LogP contribution < -0.4 is 5.32 Å². The van der Waals surface area contributed by atoms with E-state index in [0.29, 0.717) is 24.3 Å². The molecule has 0 amide bonds. The van der Waals surface area contributed by atoms with Gasteiger partial charge in [0.05, 0.1) is 6.54 Å². The Morgan fingerprint density at radius 3 is 3.21 bits per heavy atom. The summed E-state index contributed by atoms with van der Waals surface area (Å²) in [5.41, 5.74) is 0.742. The largest absolute Gasteiger partial charge is 0.337 e. The maximum atomic E-state index is 5.31. The van der Waals surface area contributed by atoms with Crippen molar-refractivity contribution in [1.29, 1.82) is 0 Å². The van der Waals surface area contributed by atoms with Crippen molar-refractivity contribution >= 4 is 0 Å². The van der Waals surface area contributed by atoms with Gasteiger partial charge in [-0.25, -0.2) is 0 Å². The quantitative estimate of drug-likeness (QED) is 0.884. The summed E-state index contributed by atoms with van der Waals surface area (Å²) in [5.74, 6) is 1.20. The highest BCUT2D eigenvalue weighted by atomic mass is 16.5. The zero-order valence-electron chi connectivity index (χ0n) is 10.9. The molecule has 2 aromatic heterocycles. The lowest BCUT2D eigenvalue weighted by Gasteiger charge is -2.32. The summed E-state index contributed by atoms with van der Waals surface area (Å²) in [5, 5.41) is 7.35. The van der Waals surface area contributed by atoms with E-state index in [9.17, 15) is 0 Å². The molecule has 1 aliphatic rings. The molecule has 0 bridgehead atoms. The topological polar surface area (TPSA) is 67.1 Å². The van der Waals surface area contributed by atoms with Gasteiger partial charge in [0, 0.05) is 31.9 Å². The fourth-order valence-corrected chi connectivity index (χ4v) is 2.21. The molecule has 6 heteroatoms. The van der Waals surface area contributed by atoms with Crippen LogP contribution in [0.4, 0.5) is 0 Å². The lowest BCUT2D eigenvalue weighted by Crippen LogP contribution is -2.49. The Labute approximate surface area is 111 Å². The second-order valence-electron chi connectivity index (χ2n) is 4.75.